The van der Waals surface area contributed by atoms with Crippen LogP contribution in [0.1, 0.15) is 58.7 Å². The third kappa shape index (κ3) is 2.25. The molecular formula is C18H19NO3. The molecule has 1 aliphatic rings. The number of anilines is 1. The van der Waals surface area contributed by atoms with E-state index in [1.165, 1.54) is 0 Å². The highest BCUT2D eigenvalue weighted by molar-refractivity contribution is 6.27. The van der Waals surface area contributed by atoms with Gasteiger partial charge < -0.3 is 9.32 Å². The van der Waals surface area contributed by atoms with E-state index in [-0.39, 0.29) is 17.3 Å². The Morgan fingerprint density at radius 1 is 0.909 bits per heavy atom. The molecule has 0 aliphatic heterocycles. The number of nitrogens with zero attached hydrogens (tertiary/aromatic N) is 1. The van der Waals surface area contributed by atoms with Crippen molar-refractivity contribution in [2.45, 2.75) is 26.7 Å². The van der Waals surface area contributed by atoms with Crippen LogP contribution in [0.3, 0.4) is 0 Å². The summed E-state index contributed by atoms with van der Waals surface area (Å²) in [6, 6.07) is 8.63. The van der Waals surface area contributed by atoms with Gasteiger partial charge in [0.05, 0.1) is 5.56 Å². The highest BCUT2D eigenvalue weighted by Gasteiger charge is 2.34. The Bertz CT molecular complexity index is 671. The predicted molar refractivity (Wildman–Crippen MR) is 84.8 cm³/mol. The smallest absolute Gasteiger partial charge is 0.229 e. The number of furan rings is 1. The SMILES string of the molecule is CCCN(CCC)c1cc2c(o1)C(=O)c1ccccc1C2=O. The van der Waals surface area contributed by atoms with Crippen LogP contribution in [0, 0.1) is 0 Å². The molecule has 1 heterocycles. The zero-order chi connectivity index (χ0) is 15.7. The summed E-state index contributed by atoms with van der Waals surface area (Å²) in [7, 11) is 0. The molecule has 0 radical (unpaired) electrons. The molecule has 2 aromatic rings. The van der Waals surface area contributed by atoms with Crippen LogP contribution in [-0.2, 0) is 0 Å². The summed E-state index contributed by atoms with van der Waals surface area (Å²) < 4.78 is 5.77. The zero-order valence-electron chi connectivity index (χ0n) is 12.9. The molecule has 0 bridgehead atoms. The van der Waals surface area contributed by atoms with E-state index in [2.05, 4.69) is 18.7 Å². The van der Waals surface area contributed by atoms with Crippen molar-refractivity contribution in [2.24, 2.45) is 0 Å². The van der Waals surface area contributed by atoms with Crippen LogP contribution in [0.25, 0.3) is 0 Å². The molecule has 1 aliphatic carbocycles. The Balaban J connectivity index is 2.05. The van der Waals surface area contributed by atoms with Gasteiger partial charge in [0.15, 0.2) is 17.4 Å². The maximum Gasteiger partial charge on any atom is 0.229 e. The van der Waals surface area contributed by atoms with Crippen LogP contribution in [0.15, 0.2) is 34.7 Å². The third-order valence-corrected chi connectivity index (χ3v) is 3.88. The van der Waals surface area contributed by atoms with Gasteiger partial charge in [-0.15, -0.1) is 0 Å². The molecule has 114 valence electrons. The van der Waals surface area contributed by atoms with Gasteiger partial charge in [0.1, 0.15) is 0 Å². The summed E-state index contributed by atoms with van der Waals surface area (Å²) in [6.45, 7) is 5.88. The van der Waals surface area contributed by atoms with Crippen molar-refractivity contribution in [1.29, 1.82) is 0 Å². The van der Waals surface area contributed by atoms with E-state index in [4.69, 9.17) is 4.42 Å². The number of hydrogen-bond acceptors (Lipinski definition) is 4. The zero-order valence-corrected chi connectivity index (χ0v) is 12.9. The Morgan fingerprint density at radius 2 is 1.50 bits per heavy atom. The lowest BCUT2D eigenvalue weighted by atomic mass is 9.89. The average Bonchev–Trinajstić information content (AvgIpc) is 2.98. The molecule has 0 saturated heterocycles. The van der Waals surface area contributed by atoms with Crippen LogP contribution < -0.4 is 4.90 Å². The Labute approximate surface area is 129 Å². The molecule has 1 aromatic carbocycles. The first-order chi connectivity index (χ1) is 10.7. The molecule has 0 saturated carbocycles. The topological polar surface area (TPSA) is 50.5 Å². The van der Waals surface area contributed by atoms with Crippen LogP contribution in [-0.4, -0.2) is 24.7 Å². The van der Waals surface area contributed by atoms with Crippen LogP contribution >= 0.6 is 0 Å². The van der Waals surface area contributed by atoms with Crippen molar-refractivity contribution < 1.29 is 14.0 Å². The van der Waals surface area contributed by atoms with Crippen molar-refractivity contribution in [1.82, 2.24) is 0 Å². The monoisotopic (exact) mass is 297 g/mol. The van der Waals surface area contributed by atoms with Gasteiger partial charge in [0.2, 0.25) is 5.78 Å². The number of fused-ring (bicyclic) bond motifs is 2. The van der Waals surface area contributed by atoms with Gasteiger partial charge in [-0.3, -0.25) is 9.59 Å². The van der Waals surface area contributed by atoms with Crippen molar-refractivity contribution in [2.75, 3.05) is 18.0 Å². The minimum atomic E-state index is -0.204. The van der Waals surface area contributed by atoms with E-state index in [9.17, 15) is 9.59 Å². The fourth-order valence-corrected chi connectivity index (χ4v) is 2.89. The number of ketones is 2. The second-order valence-electron chi connectivity index (χ2n) is 5.52. The van der Waals surface area contributed by atoms with Gasteiger partial charge in [-0.2, -0.15) is 0 Å². The summed E-state index contributed by atoms with van der Waals surface area (Å²) in [5, 5.41) is 0. The van der Waals surface area contributed by atoms with Crippen molar-refractivity contribution in [3.05, 3.63) is 52.8 Å². The normalized spacial score (nSPS) is 13.0. The lowest BCUT2D eigenvalue weighted by Crippen LogP contribution is -2.24. The third-order valence-electron chi connectivity index (χ3n) is 3.88. The Morgan fingerprint density at radius 3 is 2.09 bits per heavy atom. The van der Waals surface area contributed by atoms with E-state index in [1.807, 2.05) is 0 Å². The van der Waals surface area contributed by atoms with Crippen molar-refractivity contribution in [3.63, 3.8) is 0 Å². The van der Waals surface area contributed by atoms with Gasteiger partial charge in [-0.1, -0.05) is 38.1 Å². The largest absolute Gasteiger partial charge is 0.436 e. The van der Waals surface area contributed by atoms with Gasteiger partial charge in [-0.05, 0) is 12.8 Å². The van der Waals surface area contributed by atoms with E-state index in [0.29, 0.717) is 22.6 Å². The molecule has 0 unspecified atom stereocenters. The molecule has 0 atom stereocenters. The average molecular weight is 297 g/mol. The molecule has 0 N–H and O–H groups in total. The summed E-state index contributed by atoms with van der Waals surface area (Å²) in [4.78, 5) is 27.2. The number of carbonyl (C=O) groups is 2. The van der Waals surface area contributed by atoms with Crippen LogP contribution in [0.4, 0.5) is 5.88 Å². The second-order valence-corrected chi connectivity index (χ2v) is 5.52. The number of rotatable bonds is 5. The van der Waals surface area contributed by atoms with E-state index in [0.717, 1.165) is 25.9 Å². The Hall–Kier alpha value is -2.36. The maximum absolute atomic E-state index is 12.6. The fourth-order valence-electron chi connectivity index (χ4n) is 2.89. The number of carbonyl (C=O) groups excluding carboxylic acids is 2. The quantitative estimate of drug-likeness (QED) is 0.721. The molecule has 22 heavy (non-hydrogen) atoms. The summed E-state index contributed by atoms with van der Waals surface area (Å²) in [5.74, 6) is 0.455. The van der Waals surface area contributed by atoms with Gasteiger partial charge in [0, 0.05) is 30.3 Å². The van der Waals surface area contributed by atoms with E-state index in [1.54, 1.807) is 30.3 Å². The summed E-state index contributed by atoms with van der Waals surface area (Å²) in [5.41, 5.74) is 1.28. The first kappa shape index (κ1) is 14.6. The number of hydrogen-bond donors (Lipinski definition) is 0. The minimum absolute atomic E-state index is 0.131. The summed E-state index contributed by atoms with van der Waals surface area (Å²) >= 11 is 0. The Kier molecular flexibility index (Phi) is 3.84. The molecule has 0 spiro atoms. The molecule has 0 fully saturated rings. The summed E-state index contributed by atoms with van der Waals surface area (Å²) in [6.07, 6.45) is 1.96. The molecule has 4 nitrogen and oxygen atoms in total. The van der Waals surface area contributed by atoms with E-state index < -0.39 is 0 Å². The maximum atomic E-state index is 12.6. The first-order valence-electron chi connectivity index (χ1n) is 7.74. The lowest BCUT2D eigenvalue weighted by Gasteiger charge is -2.20. The van der Waals surface area contributed by atoms with Gasteiger partial charge >= 0.3 is 0 Å². The molecule has 1 aromatic heterocycles. The minimum Gasteiger partial charge on any atom is -0.436 e. The van der Waals surface area contributed by atoms with Gasteiger partial charge in [0.25, 0.3) is 0 Å². The van der Waals surface area contributed by atoms with Gasteiger partial charge in [-0.25, -0.2) is 0 Å². The fraction of sp³-hybridized carbons (Fsp3) is 0.333. The second kappa shape index (κ2) is 5.79. The first-order valence-corrected chi connectivity index (χ1v) is 7.74. The molecule has 4 heteroatoms. The highest BCUT2D eigenvalue weighted by Crippen LogP contribution is 2.33. The van der Waals surface area contributed by atoms with Crippen LogP contribution in [0.5, 0.6) is 0 Å². The molecule has 0 amide bonds. The molecule has 3 rings (SSSR count). The standard InChI is InChI=1S/C18H19NO3/c1-3-9-19(10-4-2)15-11-14-16(20)12-7-5-6-8-13(12)17(21)18(14)22-15/h5-8,11H,3-4,9-10H2,1-2H3. The number of benzene rings is 1. The lowest BCUT2D eigenvalue weighted by molar-refractivity contribution is 0.0960. The van der Waals surface area contributed by atoms with Crippen molar-refractivity contribution in [3.8, 4) is 0 Å². The highest BCUT2D eigenvalue weighted by atomic mass is 16.4. The van der Waals surface area contributed by atoms with E-state index >= 15 is 0 Å². The van der Waals surface area contributed by atoms with Crippen molar-refractivity contribution >= 4 is 17.5 Å². The van der Waals surface area contributed by atoms with Crippen LogP contribution in [0.2, 0.25) is 0 Å². The predicted octanol–water partition coefficient (Wildman–Crippen LogP) is 3.68. The molecular weight excluding hydrogens is 278 g/mol.